The van der Waals surface area contributed by atoms with Crippen molar-refractivity contribution < 1.29 is 19.2 Å². The second-order valence-corrected chi connectivity index (χ2v) is 9.00. The number of thioether (sulfide) groups is 1. The van der Waals surface area contributed by atoms with E-state index in [-0.39, 0.29) is 23.5 Å². The first kappa shape index (κ1) is 22.1. The van der Waals surface area contributed by atoms with Gasteiger partial charge in [0.25, 0.3) is 11.8 Å². The Kier molecular flexibility index (Phi) is 6.00. The third-order valence-corrected chi connectivity index (χ3v) is 6.92. The molecule has 3 amide bonds. The predicted molar refractivity (Wildman–Crippen MR) is 129 cm³/mol. The van der Waals surface area contributed by atoms with Gasteiger partial charge in [-0.25, -0.2) is 0 Å². The maximum absolute atomic E-state index is 13.4. The second-order valence-electron chi connectivity index (χ2n) is 7.99. The molecule has 3 aromatic rings. The van der Waals surface area contributed by atoms with Crippen LogP contribution < -0.4 is 10.2 Å². The molecule has 8 heteroatoms. The van der Waals surface area contributed by atoms with E-state index in [1.54, 1.807) is 60.3 Å². The van der Waals surface area contributed by atoms with Crippen molar-refractivity contribution in [1.82, 2.24) is 10.2 Å². The molecule has 2 aliphatic heterocycles. The van der Waals surface area contributed by atoms with E-state index in [9.17, 15) is 19.2 Å². The lowest BCUT2D eigenvalue weighted by Gasteiger charge is -2.29. The minimum atomic E-state index is -0.546. The van der Waals surface area contributed by atoms with Crippen molar-refractivity contribution in [3.63, 3.8) is 0 Å². The van der Waals surface area contributed by atoms with Gasteiger partial charge in [0.1, 0.15) is 6.54 Å². The fourth-order valence-electron chi connectivity index (χ4n) is 4.23. The SMILES string of the molecule is O=C(CN(C(=O)CN1C(=O)c2ccccc2C1=O)c1ccccc1)C1NCSc2ccccc21. The van der Waals surface area contributed by atoms with Gasteiger partial charge in [-0.2, -0.15) is 0 Å². The Hall–Kier alpha value is -3.75. The van der Waals surface area contributed by atoms with Crippen molar-refractivity contribution >= 4 is 41.0 Å². The van der Waals surface area contributed by atoms with Crippen LogP contribution in [0.5, 0.6) is 0 Å². The van der Waals surface area contributed by atoms with Gasteiger partial charge in [-0.1, -0.05) is 48.5 Å². The molecule has 34 heavy (non-hydrogen) atoms. The summed E-state index contributed by atoms with van der Waals surface area (Å²) in [4.78, 5) is 55.6. The third kappa shape index (κ3) is 4.02. The average molecular weight is 472 g/mol. The van der Waals surface area contributed by atoms with Gasteiger partial charge in [0.15, 0.2) is 5.78 Å². The highest BCUT2D eigenvalue weighted by molar-refractivity contribution is 7.99. The minimum absolute atomic E-state index is 0.174. The van der Waals surface area contributed by atoms with Crippen molar-refractivity contribution in [2.45, 2.75) is 10.9 Å². The first-order chi connectivity index (χ1) is 16.5. The van der Waals surface area contributed by atoms with Crippen LogP contribution in [0, 0.1) is 0 Å². The summed E-state index contributed by atoms with van der Waals surface area (Å²) in [6, 6.07) is 22.5. The molecule has 2 heterocycles. The van der Waals surface area contributed by atoms with Crippen LogP contribution >= 0.6 is 11.8 Å². The van der Waals surface area contributed by atoms with Crippen LogP contribution in [0.2, 0.25) is 0 Å². The fourth-order valence-corrected chi connectivity index (χ4v) is 5.17. The molecule has 0 radical (unpaired) electrons. The van der Waals surface area contributed by atoms with Crippen molar-refractivity contribution in [2.75, 3.05) is 23.9 Å². The van der Waals surface area contributed by atoms with Crippen LogP contribution in [0.15, 0.2) is 83.8 Å². The monoisotopic (exact) mass is 471 g/mol. The number of rotatable bonds is 6. The number of para-hydroxylation sites is 1. The lowest BCUT2D eigenvalue weighted by Crippen LogP contribution is -2.46. The van der Waals surface area contributed by atoms with E-state index in [1.807, 2.05) is 30.3 Å². The second kappa shape index (κ2) is 9.24. The zero-order valence-electron chi connectivity index (χ0n) is 18.1. The largest absolute Gasteiger partial charge is 0.303 e. The number of carbonyl (C=O) groups excluding carboxylic acids is 4. The molecular weight excluding hydrogens is 450 g/mol. The summed E-state index contributed by atoms with van der Waals surface area (Å²) in [6.45, 7) is -0.637. The molecule has 1 atom stereocenters. The summed E-state index contributed by atoms with van der Waals surface area (Å²) in [7, 11) is 0. The Balaban J connectivity index is 1.39. The van der Waals surface area contributed by atoms with Crippen molar-refractivity contribution in [2.24, 2.45) is 0 Å². The number of nitrogens with zero attached hydrogens (tertiary/aromatic N) is 2. The van der Waals surface area contributed by atoms with Crippen LogP contribution in [0.1, 0.15) is 32.3 Å². The number of carbonyl (C=O) groups is 4. The van der Waals surface area contributed by atoms with Gasteiger partial charge in [0.05, 0.1) is 23.7 Å². The van der Waals surface area contributed by atoms with Crippen LogP contribution in [-0.4, -0.2) is 47.4 Å². The number of hydrogen-bond acceptors (Lipinski definition) is 6. The number of anilines is 1. The molecule has 7 nitrogen and oxygen atoms in total. The van der Waals surface area contributed by atoms with Gasteiger partial charge < -0.3 is 4.90 Å². The molecule has 0 saturated carbocycles. The average Bonchev–Trinajstić information content (AvgIpc) is 3.12. The summed E-state index contributed by atoms with van der Waals surface area (Å²) >= 11 is 1.62. The molecule has 1 N–H and O–H groups in total. The van der Waals surface area contributed by atoms with E-state index in [1.165, 1.54) is 4.90 Å². The Bertz CT molecular complexity index is 1260. The van der Waals surface area contributed by atoms with E-state index in [0.717, 1.165) is 15.4 Å². The topological polar surface area (TPSA) is 86.8 Å². The first-order valence-corrected chi connectivity index (χ1v) is 11.8. The minimum Gasteiger partial charge on any atom is -0.303 e. The highest BCUT2D eigenvalue weighted by atomic mass is 32.2. The number of amides is 3. The first-order valence-electron chi connectivity index (χ1n) is 10.8. The molecule has 0 aliphatic carbocycles. The summed E-state index contributed by atoms with van der Waals surface area (Å²) in [5.74, 6) is -1.11. The zero-order valence-corrected chi connectivity index (χ0v) is 19.0. The van der Waals surface area contributed by atoms with Crippen LogP contribution in [-0.2, 0) is 9.59 Å². The molecule has 0 aromatic heterocycles. The maximum atomic E-state index is 13.4. The molecule has 0 spiro atoms. The highest BCUT2D eigenvalue weighted by Gasteiger charge is 2.38. The molecule has 0 bridgehead atoms. The number of benzene rings is 3. The summed E-state index contributed by atoms with van der Waals surface area (Å²) in [5.41, 5.74) is 1.96. The Morgan fingerprint density at radius 2 is 1.50 bits per heavy atom. The quantitative estimate of drug-likeness (QED) is 0.556. The standard InChI is InChI=1S/C26H21N3O4S/c30-21(24-20-12-6-7-13-22(20)34-16-27-24)14-28(17-8-2-1-3-9-17)23(31)15-29-25(32)18-10-4-5-11-19(18)26(29)33/h1-13,24,27H,14-16H2. The summed E-state index contributed by atoms with van der Waals surface area (Å²) < 4.78 is 0. The Morgan fingerprint density at radius 1 is 0.882 bits per heavy atom. The van der Waals surface area contributed by atoms with Crippen LogP contribution in [0.25, 0.3) is 0 Å². The number of nitrogens with one attached hydrogen (secondary N) is 1. The van der Waals surface area contributed by atoms with E-state index < -0.39 is 30.3 Å². The number of fused-ring (bicyclic) bond motifs is 2. The molecule has 0 saturated heterocycles. The molecular formula is C26H21N3O4S. The van der Waals surface area contributed by atoms with Crippen molar-refractivity contribution in [3.8, 4) is 0 Å². The third-order valence-electron chi connectivity index (χ3n) is 5.92. The summed E-state index contributed by atoms with van der Waals surface area (Å²) in [6.07, 6.45) is 0. The van der Waals surface area contributed by atoms with E-state index in [4.69, 9.17) is 0 Å². The Morgan fingerprint density at radius 3 is 2.21 bits per heavy atom. The number of Topliss-reactive ketones (excluding diaryl/α,β-unsaturated/α-hetero) is 1. The van der Waals surface area contributed by atoms with Gasteiger partial charge in [-0.05, 0) is 35.9 Å². The lowest BCUT2D eigenvalue weighted by atomic mass is 10.0. The molecule has 3 aromatic carbocycles. The fraction of sp³-hybridized carbons (Fsp3) is 0.154. The zero-order chi connectivity index (χ0) is 23.7. The van der Waals surface area contributed by atoms with E-state index >= 15 is 0 Å². The van der Waals surface area contributed by atoms with Gasteiger partial charge in [-0.15, -0.1) is 11.8 Å². The van der Waals surface area contributed by atoms with Gasteiger partial charge in [0.2, 0.25) is 5.91 Å². The predicted octanol–water partition coefficient (Wildman–Crippen LogP) is 3.28. The number of imide groups is 1. The lowest BCUT2D eigenvalue weighted by molar-refractivity contribution is -0.124. The smallest absolute Gasteiger partial charge is 0.262 e. The summed E-state index contributed by atoms with van der Waals surface area (Å²) in [5, 5.41) is 3.23. The van der Waals surface area contributed by atoms with Crippen molar-refractivity contribution in [1.29, 1.82) is 0 Å². The molecule has 0 fully saturated rings. The van der Waals surface area contributed by atoms with Crippen molar-refractivity contribution in [3.05, 3.63) is 95.6 Å². The number of hydrogen-bond donors (Lipinski definition) is 1. The normalized spacial score (nSPS) is 16.7. The molecule has 5 rings (SSSR count). The molecule has 2 aliphatic rings. The van der Waals surface area contributed by atoms with E-state index in [2.05, 4.69) is 5.32 Å². The Labute approximate surface area is 200 Å². The highest BCUT2D eigenvalue weighted by Crippen LogP contribution is 2.32. The maximum Gasteiger partial charge on any atom is 0.262 e. The van der Waals surface area contributed by atoms with E-state index in [0.29, 0.717) is 11.6 Å². The number of ketones is 1. The van der Waals surface area contributed by atoms with Gasteiger partial charge >= 0.3 is 0 Å². The van der Waals surface area contributed by atoms with Gasteiger partial charge in [0, 0.05) is 16.5 Å². The molecule has 1 unspecified atom stereocenters. The van der Waals surface area contributed by atoms with Crippen LogP contribution in [0.4, 0.5) is 5.69 Å². The van der Waals surface area contributed by atoms with Crippen LogP contribution in [0.3, 0.4) is 0 Å². The molecule has 170 valence electrons. The van der Waals surface area contributed by atoms with Gasteiger partial charge in [-0.3, -0.25) is 29.4 Å².